The summed E-state index contributed by atoms with van der Waals surface area (Å²) in [4.78, 5) is 27.8. The number of benzene rings is 1. The molecule has 26 heavy (non-hydrogen) atoms. The van der Waals surface area contributed by atoms with Gasteiger partial charge in [-0.05, 0) is 30.3 Å². The fourth-order valence-electron chi connectivity index (χ4n) is 2.23. The Morgan fingerprint density at radius 3 is 2.19 bits per heavy atom. The maximum absolute atomic E-state index is 15.2. The van der Waals surface area contributed by atoms with Crippen LogP contribution in [0.3, 0.4) is 0 Å². The molecule has 0 unspecified atom stereocenters. The standard InChI is InChI=1S/C17H14ClF2NO5/c1-24-12-6-7-13(17(20,15(22)25-2)16(23)26-3)21-14(12)9-4-5-11(19)10(18)8-9/h4-8H,1-3H3. The van der Waals surface area contributed by atoms with Crippen molar-refractivity contribution in [2.45, 2.75) is 5.67 Å². The first-order valence-electron chi connectivity index (χ1n) is 7.16. The number of alkyl halides is 1. The van der Waals surface area contributed by atoms with Crippen LogP contribution in [0.2, 0.25) is 5.02 Å². The summed E-state index contributed by atoms with van der Waals surface area (Å²) in [5.74, 6) is -3.46. The highest BCUT2D eigenvalue weighted by molar-refractivity contribution is 6.31. The van der Waals surface area contributed by atoms with Gasteiger partial charge in [0.25, 0.3) is 0 Å². The van der Waals surface area contributed by atoms with Gasteiger partial charge in [0.15, 0.2) is 0 Å². The maximum Gasteiger partial charge on any atom is 0.362 e. The van der Waals surface area contributed by atoms with Crippen molar-refractivity contribution in [3.8, 4) is 17.0 Å². The molecule has 1 aromatic carbocycles. The van der Waals surface area contributed by atoms with Crippen LogP contribution >= 0.6 is 11.6 Å². The first-order valence-corrected chi connectivity index (χ1v) is 7.54. The molecule has 0 saturated carbocycles. The van der Waals surface area contributed by atoms with Gasteiger partial charge < -0.3 is 14.2 Å². The molecule has 9 heteroatoms. The van der Waals surface area contributed by atoms with E-state index in [1.807, 2.05) is 0 Å². The molecule has 0 saturated heterocycles. The molecule has 0 N–H and O–H groups in total. The number of rotatable bonds is 5. The molecule has 0 fully saturated rings. The van der Waals surface area contributed by atoms with Gasteiger partial charge in [-0.15, -0.1) is 0 Å². The fraction of sp³-hybridized carbons (Fsp3) is 0.235. The lowest BCUT2D eigenvalue weighted by Crippen LogP contribution is -2.42. The number of halogens is 3. The molecule has 0 amide bonds. The highest BCUT2D eigenvalue weighted by Gasteiger charge is 2.53. The molecule has 2 aromatic rings. The van der Waals surface area contributed by atoms with E-state index in [1.54, 1.807) is 0 Å². The minimum Gasteiger partial charge on any atom is -0.494 e. The van der Waals surface area contributed by atoms with Crippen molar-refractivity contribution in [3.63, 3.8) is 0 Å². The van der Waals surface area contributed by atoms with E-state index in [4.69, 9.17) is 16.3 Å². The highest BCUT2D eigenvalue weighted by atomic mass is 35.5. The average Bonchev–Trinajstić information content (AvgIpc) is 2.67. The first kappa shape index (κ1) is 19.6. The Kier molecular flexibility index (Phi) is 5.76. The first-order chi connectivity index (χ1) is 12.3. The van der Waals surface area contributed by atoms with Gasteiger partial charge in [0.1, 0.15) is 23.0 Å². The molecule has 0 aliphatic heterocycles. The summed E-state index contributed by atoms with van der Waals surface area (Å²) in [5.41, 5.74) is -3.53. The van der Waals surface area contributed by atoms with E-state index in [0.29, 0.717) is 0 Å². The third-order valence-electron chi connectivity index (χ3n) is 3.56. The van der Waals surface area contributed by atoms with E-state index < -0.39 is 29.1 Å². The van der Waals surface area contributed by atoms with E-state index >= 15 is 4.39 Å². The van der Waals surface area contributed by atoms with Crippen molar-refractivity contribution < 1.29 is 32.6 Å². The van der Waals surface area contributed by atoms with E-state index in [9.17, 15) is 14.0 Å². The molecule has 0 aliphatic rings. The van der Waals surface area contributed by atoms with Crippen molar-refractivity contribution in [1.29, 1.82) is 0 Å². The molecule has 1 heterocycles. The Hall–Kier alpha value is -2.74. The number of methoxy groups -OCH3 is 3. The lowest BCUT2D eigenvalue weighted by atomic mass is 10.00. The highest BCUT2D eigenvalue weighted by Crippen LogP contribution is 2.35. The molecule has 0 radical (unpaired) electrons. The van der Waals surface area contributed by atoms with Gasteiger partial charge in [-0.25, -0.2) is 23.4 Å². The summed E-state index contributed by atoms with van der Waals surface area (Å²) in [5, 5.41) is -0.191. The number of nitrogens with zero attached hydrogens (tertiary/aromatic N) is 1. The smallest absolute Gasteiger partial charge is 0.362 e. The maximum atomic E-state index is 15.2. The van der Waals surface area contributed by atoms with E-state index in [2.05, 4.69) is 14.5 Å². The van der Waals surface area contributed by atoms with Gasteiger partial charge in [-0.1, -0.05) is 11.6 Å². The van der Waals surface area contributed by atoms with Crippen LogP contribution in [0.1, 0.15) is 5.69 Å². The van der Waals surface area contributed by atoms with Crippen LogP contribution in [0.25, 0.3) is 11.3 Å². The number of ether oxygens (including phenoxy) is 3. The van der Waals surface area contributed by atoms with Gasteiger partial charge in [0.2, 0.25) is 0 Å². The van der Waals surface area contributed by atoms with E-state index in [0.717, 1.165) is 26.4 Å². The fourth-order valence-corrected chi connectivity index (χ4v) is 2.41. The Morgan fingerprint density at radius 2 is 1.69 bits per heavy atom. The lowest BCUT2D eigenvalue weighted by Gasteiger charge is -2.20. The Morgan fingerprint density at radius 1 is 1.08 bits per heavy atom. The zero-order valence-corrected chi connectivity index (χ0v) is 14.8. The number of aromatic nitrogens is 1. The molecule has 138 valence electrons. The molecule has 0 atom stereocenters. The Bertz CT molecular complexity index is 843. The van der Waals surface area contributed by atoms with Crippen LogP contribution in [-0.4, -0.2) is 38.3 Å². The molecular formula is C17H14ClF2NO5. The van der Waals surface area contributed by atoms with Gasteiger partial charge in [0, 0.05) is 5.56 Å². The molecule has 0 spiro atoms. The van der Waals surface area contributed by atoms with E-state index in [1.165, 1.54) is 25.3 Å². The van der Waals surface area contributed by atoms with E-state index in [-0.39, 0.29) is 22.0 Å². The predicted octanol–water partition coefficient (Wildman–Crippen LogP) is 3.06. The summed E-state index contributed by atoms with van der Waals surface area (Å²) < 4.78 is 42.6. The van der Waals surface area contributed by atoms with Gasteiger partial charge >= 0.3 is 17.6 Å². The monoisotopic (exact) mass is 385 g/mol. The Labute approximate surface area is 152 Å². The van der Waals surface area contributed by atoms with Crippen LogP contribution in [0.4, 0.5) is 8.78 Å². The SMILES string of the molecule is COC(=O)C(F)(C(=O)OC)c1ccc(OC)c(-c2ccc(F)c(Cl)c2)n1. The topological polar surface area (TPSA) is 74.7 Å². The summed E-state index contributed by atoms with van der Waals surface area (Å²) in [6, 6.07) is 6.07. The molecule has 0 bridgehead atoms. The quantitative estimate of drug-likeness (QED) is 0.581. The molecular weight excluding hydrogens is 372 g/mol. The number of pyridine rings is 1. The molecule has 2 rings (SSSR count). The number of carbonyl (C=O) groups is 2. The summed E-state index contributed by atoms with van der Waals surface area (Å²) >= 11 is 5.77. The third-order valence-corrected chi connectivity index (χ3v) is 3.85. The summed E-state index contributed by atoms with van der Waals surface area (Å²) in [6.45, 7) is 0. The largest absolute Gasteiger partial charge is 0.494 e. The number of carbonyl (C=O) groups excluding carboxylic acids is 2. The lowest BCUT2D eigenvalue weighted by molar-refractivity contribution is -0.172. The minimum absolute atomic E-state index is 0.0433. The number of esters is 2. The zero-order chi connectivity index (χ0) is 19.5. The van der Waals surface area contributed by atoms with Crippen molar-refractivity contribution in [3.05, 3.63) is 46.9 Å². The number of hydrogen-bond acceptors (Lipinski definition) is 6. The number of hydrogen-bond donors (Lipinski definition) is 0. The predicted molar refractivity (Wildman–Crippen MR) is 88.0 cm³/mol. The zero-order valence-electron chi connectivity index (χ0n) is 14.0. The van der Waals surface area contributed by atoms with Crippen molar-refractivity contribution in [1.82, 2.24) is 4.98 Å². The van der Waals surface area contributed by atoms with Crippen LogP contribution < -0.4 is 4.74 Å². The van der Waals surface area contributed by atoms with Crippen molar-refractivity contribution >= 4 is 23.5 Å². The van der Waals surface area contributed by atoms with Crippen molar-refractivity contribution in [2.24, 2.45) is 0 Å². The summed E-state index contributed by atoms with van der Waals surface area (Å²) in [6.07, 6.45) is 0. The molecule has 6 nitrogen and oxygen atoms in total. The second-order valence-electron chi connectivity index (χ2n) is 5.02. The normalized spacial score (nSPS) is 11.0. The Balaban J connectivity index is 2.70. The summed E-state index contributed by atoms with van der Waals surface area (Å²) in [7, 11) is 3.18. The van der Waals surface area contributed by atoms with Gasteiger partial charge in [-0.3, -0.25) is 0 Å². The van der Waals surface area contributed by atoms with Crippen LogP contribution in [0, 0.1) is 5.82 Å². The second-order valence-corrected chi connectivity index (χ2v) is 5.43. The third kappa shape index (κ3) is 3.32. The minimum atomic E-state index is -3.28. The molecule has 1 aromatic heterocycles. The molecule has 0 aliphatic carbocycles. The van der Waals surface area contributed by atoms with Crippen LogP contribution in [0.15, 0.2) is 30.3 Å². The van der Waals surface area contributed by atoms with Gasteiger partial charge in [-0.2, -0.15) is 0 Å². The van der Waals surface area contributed by atoms with Gasteiger partial charge in [0.05, 0.1) is 26.4 Å². The van der Waals surface area contributed by atoms with Crippen molar-refractivity contribution in [2.75, 3.05) is 21.3 Å². The van der Waals surface area contributed by atoms with Crippen LogP contribution in [0.5, 0.6) is 5.75 Å². The average molecular weight is 386 g/mol. The second kappa shape index (κ2) is 7.65. The van der Waals surface area contributed by atoms with Crippen LogP contribution in [-0.2, 0) is 24.7 Å².